The molecule has 2 N–H and O–H groups in total. The molecule has 0 aliphatic heterocycles. The van der Waals surface area contributed by atoms with Gasteiger partial charge in [0.25, 0.3) is 0 Å². The standard InChI is InChI=1S/C17H19N3/c1-11-4-5-12(2)14(8-11)17-19-15-7-6-13(10-18)9-16(15)20(17)3/h4-9H,10,18H2,1-3H3. The highest BCUT2D eigenvalue weighted by atomic mass is 15.1. The molecule has 0 amide bonds. The summed E-state index contributed by atoms with van der Waals surface area (Å²) in [6.45, 7) is 4.79. The highest BCUT2D eigenvalue weighted by Gasteiger charge is 2.12. The van der Waals surface area contributed by atoms with E-state index in [0.717, 1.165) is 22.4 Å². The van der Waals surface area contributed by atoms with Crippen molar-refractivity contribution < 1.29 is 0 Å². The van der Waals surface area contributed by atoms with Crippen LogP contribution in [0.4, 0.5) is 0 Å². The lowest BCUT2D eigenvalue weighted by atomic mass is 10.1. The van der Waals surface area contributed by atoms with E-state index in [-0.39, 0.29) is 0 Å². The second-order valence-electron chi connectivity index (χ2n) is 5.34. The van der Waals surface area contributed by atoms with Crippen molar-refractivity contribution in [1.29, 1.82) is 0 Å². The van der Waals surface area contributed by atoms with Crippen molar-refractivity contribution in [3.8, 4) is 11.4 Å². The fraction of sp³-hybridized carbons (Fsp3) is 0.235. The van der Waals surface area contributed by atoms with E-state index in [4.69, 9.17) is 10.7 Å². The van der Waals surface area contributed by atoms with E-state index in [1.807, 2.05) is 12.1 Å². The molecule has 0 aliphatic rings. The highest BCUT2D eigenvalue weighted by Crippen LogP contribution is 2.27. The van der Waals surface area contributed by atoms with E-state index in [9.17, 15) is 0 Å². The predicted octanol–water partition coefficient (Wildman–Crippen LogP) is 3.32. The molecule has 1 heterocycles. The maximum atomic E-state index is 5.72. The fourth-order valence-electron chi connectivity index (χ4n) is 2.58. The number of aryl methyl sites for hydroxylation is 3. The molecule has 20 heavy (non-hydrogen) atoms. The van der Waals surface area contributed by atoms with E-state index in [1.165, 1.54) is 16.7 Å². The van der Waals surface area contributed by atoms with E-state index in [0.29, 0.717) is 6.54 Å². The van der Waals surface area contributed by atoms with Gasteiger partial charge in [0.05, 0.1) is 11.0 Å². The van der Waals surface area contributed by atoms with Gasteiger partial charge in [0.1, 0.15) is 5.82 Å². The molecule has 3 rings (SSSR count). The van der Waals surface area contributed by atoms with Crippen LogP contribution in [0.2, 0.25) is 0 Å². The SMILES string of the molecule is Cc1ccc(C)c(-c2nc3ccc(CN)cc3n2C)c1. The van der Waals surface area contributed by atoms with E-state index >= 15 is 0 Å². The van der Waals surface area contributed by atoms with Gasteiger partial charge in [-0.25, -0.2) is 4.98 Å². The second kappa shape index (κ2) is 4.76. The molecular formula is C17H19N3. The minimum atomic E-state index is 0.555. The lowest BCUT2D eigenvalue weighted by Gasteiger charge is -2.07. The van der Waals surface area contributed by atoms with Crippen LogP contribution >= 0.6 is 0 Å². The number of hydrogen-bond donors (Lipinski definition) is 1. The Kier molecular flexibility index (Phi) is 3.07. The molecule has 0 spiro atoms. The summed E-state index contributed by atoms with van der Waals surface area (Å²) in [6, 6.07) is 12.7. The van der Waals surface area contributed by atoms with Crippen LogP contribution in [0.3, 0.4) is 0 Å². The van der Waals surface area contributed by atoms with Crippen LogP contribution in [0, 0.1) is 13.8 Å². The van der Waals surface area contributed by atoms with Gasteiger partial charge in [0.2, 0.25) is 0 Å². The zero-order valence-electron chi connectivity index (χ0n) is 12.1. The van der Waals surface area contributed by atoms with Crippen LogP contribution < -0.4 is 5.73 Å². The summed E-state index contributed by atoms with van der Waals surface area (Å²) < 4.78 is 2.15. The van der Waals surface area contributed by atoms with Gasteiger partial charge < -0.3 is 10.3 Å². The third kappa shape index (κ3) is 2.00. The summed E-state index contributed by atoms with van der Waals surface area (Å²) >= 11 is 0. The third-order valence-electron chi connectivity index (χ3n) is 3.81. The smallest absolute Gasteiger partial charge is 0.141 e. The number of fused-ring (bicyclic) bond motifs is 1. The van der Waals surface area contributed by atoms with Gasteiger partial charge in [-0.05, 0) is 43.2 Å². The zero-order valence-corrected chi connectivity index (χ0v) is 12.1. The van der Waals surface area contributed by atoms with Crippen molar-refractivity contribution in [2.45, 2.75) is 20.4 Å². The zero-order chi connectivity index (χ0) is 14.3. The lowest BCUT2D eigenvalue weighted by Crippen LogP contribution is -1.97. The maximum Gasteiger partial charge on any atom is 0.141 e. The van der Waals surface area contributed by atoms with Crippen molar-refractivity contribution in [3.05, 3.63) is 53.1 Å². The molecule has 0 aliphatic carbocycles. The summed E-state index contributed by atoms with van der Waals surface area (Å²) in [5, 5.41) is 0. The van der Waals surface area contributed by atoms with Gasteiger partial charge in [-0.3, -0.25) is 0 Å². The minimum absolute atomic E-state index is 0.555. The van der Waals surface area contributed by atoms with Gasteiger partial charge in [-0.2, -0.15) is 0 Å². The first-order valence-electron chi connectivity index (χ1n) is 6.83. The lowest BCUT2D eigenvalue weighted by molar-refractivity contribution is 0.954. The maximum absolute atomic E-state index is 5.72. The number of aromatic nitrogens is 2. The Hall–Kier alpha value is -2.13. The van der Waals surface area contributed by atoms with Gasteiger partial charge in [-0.15, -0.1) is 0 Å². The van der Waals surface area contributed by atoms with Crippen LogP contribution in [0.5, 0.6) is 0 Å². The fourth-order valence-corrected chi connectivity index (χ4v) is 2.58. The molecule has 102 valence electrons. The van der Waals surface area contributed by atoms with E-state index in [1.54, 1.807) is 0 Å². The van der Waals surface area contributed by atoms with E-state index < -0.39 is 0 Å². The van der Waals surface area contributed by atoms with Crippen LogP contribution in [0.25, 0.3) is 22.4 Å². The van der Waals surface area contributed by atoms with Gasteiger partial charge in [-0.1, -0.05) is 23.8 Å². The summed E-state index contributed by atoms with van der Waals surface area (Å²) in [4.78, 5) is 4.78. The van der Waals surface area contributed by atoms with Gasteiger partial charge in [0.15, 0.2) is 0 Å². The van der Waals surface area contributed by atoms with Crippen molar-refractivity contribution in [2.75, 3.05) is 0 Å². The Morgan fingerprint density at radius 1 is 1.10 bits per heavy atom. The first-order chi connectivity index (χ1) is 9.60. The average Bonchev–Trinajstić information content (AvgIpc) is 2.78. The molecule has 0 atom stereocenters. The Labute approximate surface area is 119 Å². The van der Waals surface area contributed by atoms with Crippen molar-refractivity contribution >= 4 is 11.0 Å². The normalized spacial score (nSPS) is 11.2. The van der Waals surface area contributed by atoms with Crippen LogP contribution in [-0.4, -0.2) is 9.55 Å². The van der Waals surface area contributed by atoms with Crippen LogP contribution in [0.1, 0.15) is 16.7 Å². The molecule has 3 nitrogen and oxygen atoms in total. The Balaban J connectivity index is 2.26. The van der Waals surface area contributed by atoms with Crippen molar-refractivity contribution in [3.63, 3.8) is 0 Å². The van der Waals surface area contributed by atoms with Gasteiger partial charge in [0, 0.05) is 19.2 Å². The predicted molar refractivity (Wildman–Crippen MR) is 83.5 cm³/mol. The van der Waals surface area contributed by atoms with Crippen molar-refractivity contribution in [1.82, 2.24) is 9.55 Å². The summed E-state index contributed by atoms with van der Waals surface area (Å²) in [6.07, 6.45) is 0. The largest absolute Gasteiger partial charge is 0.327 e. The monoisotopic (exact) mass is 265 g/mol. The Morgan fingerprint density at radius 2 is 1.90 bits per heavy atom. The first-order valence-corrected chi connectivity index (χ1v) is 6.83. The number of imidazole rings is 1. The minimum Gasteiger partial charge on any atom is -0.327 e. The van der Waals surface area contributed by atoms with E-state index in [2.05, 4.69) is 49.7 Å². The molecule has 3 aromatic rings. The molecule has 0 saturated carbocycles. The molecule has 0 fully saturated rings. The van der Waals surface area contributed by atoms with Crippen molar-refractivity contribution in [2.24, 2.45) is 12.8 Å². The first kappa shape index (κ1) is 12.9. The Bertz CT molecular complexity index is 784. The number of nitrogens with zero attached hydrogens (tertiary/aromatic N) is 2. The molecule has 3 heteroatoms. The molecule has 0 unspecified atom stereocenters. The van der Waals surface area contributed by atoms with Crippen LogP contribution in [-0.2, 0) is 13.6 Å². The molecular weight excluding hydrogens is 246 g/mol. The third-order valence-corrected chi connectivity index (χ3v) is 3.81. The molecule has 1 aromatic heterocycles. The Morgan fingerprint density at radius 3 is 2.65 bits per heavy atom. The number of benzene rings is 2. The summed E-state index contributed by atoms with van der Waals surface area (Å²) in [7, 11) is 2.06. The summed E-state index contributed by atoms with van der Waals surface area (Å²) in [5.74, 6) is 1.01. The number of rotatable bonds is 2. The molecule has 0 saturated heterocycles. The molecule has 0 bridgehead atoms. The highest BCUT2D eigenvalue weighted by molar-refractivity contribution is 5.82. The second-order valence-corrected chi connectivity index (χ2v) is 5.34. The number of hydrogen-bond acceptors (Lipinski definition) is 2. The van der Waals surface area contributed by atoms with Crippen LogP contribution in [0.15, 0.2) is 36.4 Å². The molecule has 2 aromatic carbocycles. The molecule has 0 radical (unpaired) electrons. The number of nitrogens with two attached hydrogens (primary N) is 1. The van der Waals surface area contributed by atoms with Gasteiger partial charge >= 0.3 is 0 Å². The summed E-state index contributed by atoms with van der Waals surface area (Å²) in [5.41, 5.74) is 12.7. The average molecular weight is 265 g/mol. The quantitative estimate of drug-likeness (QED) is 0.772. The topological polar surface area (TPSA) is 43.8 Å².